The molecule has 0 N–H and O–H groups in total. The van der Waals surface area contributed by atoms with Crippen molar-refractivity contribution in [2.24, 2.45) is 0 Å². The fraction of sp³-hybridized carbons (Fsp3) is 0.250. The van der Waals surface area contributed by atoms with Crippen molar-refractivity contribution in [3.05, 3.63) is 70.8 Å². The average molecular weight is 318 g/mol. The first-order valence-corrected chi connectivity index (χ1v) is 7.72. The number of ether oxygens (including phenoxy) is 1. The summed E-state index contributed by atoms with van der Waals surface area (Å²) in [7, 11) is 1.39. The number of carbonyl (C=O) groups excluding carboxylic acids is 1. The van der Waals surface area contributed by atoms with E-state index in [1.807, 2.05) is 24.3 Å². The molecule has 0 aliphatic rings. The molecule has 24 heavy (non-hydrogen) atoms. The van der Waals surface area contributed by atoms with Gasteiger partial charge in [-0.15, -0.1) is 0 Å². The highest BCUT2D eigenvalue weighted by Crippen LogP contribution is 2.26. The standard InChI is InChI=1S/C20H18N2O2/c1-24-20(23)12-19(18-9-7-17(14-22)8-10-18)11-6-15-2-4-16(13-21)5-3-15/h2-5,7-10,19H,6,11-12H2,1H3. The quantitative estimate of drug-likeness (QED) is 0.761. The summed E-state index contributed by atoms with van der Waals surface area (Å²) in [5.74, 6) is -0.218. The molecule has 1 atom stereocenters. The molecule has 1 unspecified atom stereocenters. The van der Waals surface area contributed by atoms with Crippen molar-refractivity contribution in [2.75, 3.05) is 7.11 Å². The topological polar surface area (TPSA) is 73.9 Å². The smallest absolute Gasteiger partial charge is 0.306 e. The Morgan fingerprint density at radius 2 is 1.54 bits per heavy atom. The van der Waals surface area contributed by atoms with Crippen LogP contribution >= 0.6 is 0 Å². The van der Waals surface area contributed by atoms with Crippen molar-refractivity contribution in [1.29, 1.82) is 10.5 Å². The number of aryl methyl sites for hydroxylation is 1. The van der Waals surface area contributed by atoms with E-state index < -0.39 is 0 Å². The number of hydrogen-bond acceptors (Lipinski definition) is 4. The minimum Gasteiger partial charge on any atom is -0.469 e. The molecular formula is C20H18N2O2. The van der Waals surface area contributed by atoms with E-state index >= 15 is 0 Å². The fourth-order valence-electron chi connectivity index (χ4n) is 2.59. The van der Waals surface area contributed by atoms with E-state index in [1.54, 1.807) is 24.3 Å². The molecule has 0 aliphatic heterocycles. The summed E-state index contributed by atoms with van der Waals surface area (Å²) in [6.07, 6.45) is 1.89. The first kappa shape index (κ1) is 17.2. The lowest BCUT2D eigenvalue weighted by atomic mass is 9.89. The normalized spacial score (nSPS) is 11.1. The van der Waals surface area contributed by atoms with E-state index in [2.05, 4.69) is 12.1 Å². The second kappa shape index (κ2) is 8.50. The van der Waals surface area contributed by atoms with Gasteiger partial charge in [0.15, 0.2) is 0 Å². The van der Waals surface area contributed by atoms with Crippen molar-refractivity contribution in [2.45, 2.75) is 25.2 Å². The molecular weight excluding hydrogens is 300 g/mol. The Hall–Kier alpha value is -3.11. The third kappa shape index (κ3) is 4.69. The minimum atomic E-state index is -0.246. The number of nitriles is 2. The van der Waals surface area contributed by atoms with Gasteiger partial charge in [-0.25, -0.2) is 0 Å². The summed E-state index contributed by atoms with van der Waals surface area (Å²) in [6, 6.07) is 19.0. The van der Waals surface area contributed by atoms with Gasteiger partial charge in [0.25, 0.3) is 0 Å². The van der Waals surface area contributed by atoms with Crippen LogP contribution < -0.4 is 0 Å². The van der Waals surface area contributed by atoms with E-state index in [0.717, 1.165) is 24.0 Å². The molecule has 0 aromatic heterocycles. The zero-order valence-electron chi connectivity index (χ0n) is 13.5. The van der Waals surface area contributed by atoms with E-state index in [-0.39, 0.29) is 11.9 Å². The molecule has 0 amide bonds. The molecule has 120 valence electrons. The van der Waals surface area contributed by atoms with Crippen LogP contribution in [0.2, 0.25) is 0 Å². The maximum absolute atomic E-state index is 11.7. The predicted molar refractivity (Wildman–Crippen MR) is 90.0 cm³/mol. The van der Waals surface area contributed by atoms with Crippen LogP contribution in [0.4, 0.5) is 0 Å². The van der Waals surface area contributed by atoms with Gasteiger partial charge in [-0.3, -0.25) is 4.79 Å². The van der Waals surface area contributed by atoms with Gasteiger partial charge in [-0.2, -0.15) is 10.5 Å². The lowest BCUT2D eigenvalue weighted by Gasteiger charge is -2.16. The van der Waals surface area contributed by atoms with Crippen LogP contribution in [-0.4, -0.2) is 13.1 Å². The summed E-state index contributed by atoms with van der Waals surface area (Å²) in [4.78, 5) is 11.7. The van der Waals surface area contributed by atoms with Crippen LogP contribution in [0.15, 0.2) is 48.5 Å². The van der Waals surface area contributed by atoms with Crippen LogP contribution in [0.3, 0.4) is 0 Å². The van der Waals surface area contributed by atoms with Crippen molar-refractivity contribution in [3.8, 4) is 12.1 Å². The highest BCUT2D eigenvalue weighted by Gasteiger charge is 2.17. The molecule has 2 rings (SSSR count). The third-order valence-electron chi connectivity index (χ3n) is 4.02. The molecule has 0 heterocycles. The average Bonchev–Trinajstić information content (AvgIpc) is 2.65. The zero-order valence-corrected chi connectivity index (χ0v) is 13.5. The number of methoxy groups -OCH3 is 1. The Balaban J connectivity index is 2.11. The van der Waals surface area contributed by atoms with E-state index in [4.69, 9.17) is 15.3 Å². The summed E-state index contributed by atoms with van der Waals surface area (Å²) < 4.78 is 4.80. The van der Waals surface area contributed by atoms with Gasteiger partial charge in [0.2, 0.25) is 0 Å². The van der Waals surface area contributed by atoms with Crippen molar-refractivity contribution < 1.29 is 9.53 Å². The lowest BCUT2D eigenvalue weighted by molar-refractivity contribution is -0.141. The largest absolute Gasteiger partial charge is 0.469 e. The van der Waals surface area contributed by atoms with Gasteiger partial charge in [0, 0.05) is 0 Å². The SMILES string of the molecule is COC(=O)CC(CCc1ccc(C#N)cc1)c1ccc(C#N)cc1. The Morgan fingerprint density at radius 1 is 1.00 bits per heavy atom. The van der Waals surface area contributed by atoms with Gasteiger partial charge >= 0.3 is 5.97 Å². The molecule has 0 aliphatic carbocycles. The number of carbonyl (C=O) groups is 1. The van der Waals surface area contributed by atoms with E-state index in [0.29, 0.717) is 17.5 Å². The van der Waals surface area contributed by atoms with Crippen molar-refractivity contribution in [3.63, 3.8) is 0 Å². The molecule has 0 spiro atoms. The first-order chi connectivity index (χ1) is 11.7. The fourth-order valence-corrected chi connectivity index (χ4v) is 2.59. The predicted octanol–water partition coefficient (Wildman–Crippen LogP) is 3.71. The van der Waals surface area contributed by atoms with Crippen LogP contribution in [0.25, 0.3) is 0 Å². The Bertz CT molecular complexity index is 765. The Kier molecular flexibility index (Phi) is 6.11. The van der Waals surface area contributed by atoms with Crippen molar-refractivity contribution in [1.82, 2.24) is 0 Å². The first-order valence-electron chi connectivity index (χ1n) is 7.72. The molecule has 4 nitrogen and oxygen atoms in total. The van der Waals surface area contributed by atoms with Gasteiger partial charge < -0.3 is 4.74 Å². The second-order valence-corrected chi connectivity index (χ2v) is 5.56. The van der Waals surface area contributed by atoms with Gasteiger partial charge in [-0.1, -0.05) is 24.3 Å². The van der Waals surface area contributed by atoms with Gasteiger partial charge in [0.05, 0.1) is 36.8 Å². The van der Waals surface area contributed by atoms with Crippen LogP contribution in [0.1, 0.15) is 41.0 Å². The summed E-state index contributed by atoms with van der Waals surface area (Å²) in [5.41, 5.74) is 3.38. The molecule has 0 saturated heterocycles. The monoisotopic (exact) mass is 318 g/mol. The molecule has 2 aromatic rings. The number of benzene rings is 2. The highest BCUT2D eigenvalue weighted by atomic mass is 16.5. The molecule has 0 radical (unpaired) electrons. The van der Waals surface area contributed by atoms with E-state index in [9.17, 15) is 4.79 Å². The maximum atomic E-state index is 11.7. The molecule has 0 bridgehead atoms. The van der Waals surface area contributed by atoms with Crippen LogP contribution in [-0.2, 0) is 16.0 Å². The molecule has 0 saturated carbocycles. The van der Waals surface area contributed by atoms with Gasteiger partial charge in [0.1, 0.15) is 0 Å². The Morgan fingerprint density at radius 3 is 2.04 bits per heavy atom. The highest BCUT2D eigenvalue weighted by molar-refractivity contribution is 5.70. The summed E-state index contributed by atoms with van der Waals surface area (Å²) >= 11 is 0. The van der Waals surface area contributed by atoms with Crippen LogP contribution in [0, 0.1) is 22.7 Å². The zero-order chi connectivity index (χ0) is 17.4. The number of nitrogens with zero attached hydrogens (tertiary/aromatic N) is 2. The molecule has 0 fully saturated rings. The maximum Gasteiger partial charge on any atom is 0.306 e. The number of rotatable bonds is 6. The third-order valence-corrected chi connectivity index (χ3v) is 4.02. The lowest BCUT2D eigenvalue weighted by Crippen LogP contribution is -2.10. The minimum absolute atomic E-state index is 0.0286. The van der Waals surface area contributed by atoms with Crippen molar-refractivity contribution >= 4 is 5.97 Å². The molecule has 4 heteroatoms. The second-order valence-electron chi connectivity index (χ2n) is 5.56. The van der Waals surface area contributed by atoms with Crippen LogP contribution in [0.5, 0.6) is 0 Å². The summed E-state index contributed by atoms with van der Waals surface area (Å²) in [6.45, 7) is 0. The Labute approximate surface area is 141 Å². The number of hydrogen-bond donors (Lipinski definition) is 0. The molecule has 2 aromatic carbocycles. The van der Waals surface area contributed by atoms with E-state index in [1.165, 1.54) is 7.11 Å². The van der Waals surface area contributed by atoms with Gasteiger partial charge in [-0.05, 0) is 54.2 Å². The summed E-state index contributed by atoms with van der Waals surface area (Å²) in [5, 5.41) is 17.7. The number of esters is 1.